The van der Waals surface area contributed by atoms with Gasteiger partial charge in [-0.05, 0) is 18.5 Å². The molecule has 15 heavy (non-hydrogen) atoms. The van der Waals surface area contributed by atoms with Gasteiger partial charge in [-0.2, -0.15) is 0 Å². The molecule has 3 N–H and O–H groups in total. The van der Waals surface area contributed by atoms with Gasteiger partial charge in [0.15, 0.2) is 5.78 Å². The maximum absolute atomic E-state index is 11.5. The average Bonchev–Trinajstić information content (AvgIpc) is 2.29. The van der Waals surface area contributed by atoms with Crippen LogP contribution in [0.5, 0.6) is 0 Å². The molecular weight excluding hydrogens is 188 g/mol. The molecule has 1 aromatic rings. The molecule has 0 aliphatic heterocycles. The maximum atomic E-state index is 11.5. The number of likely N-dealkylation sites (N-methyl/N-ethyl adjacent to an activating group) is 1. The molecule has 0 aromatic heterocycles. The van der Waals surface area contributed by atoms with Crippen LogP contribution in [-0.4, -0.2) is 24.9 Å². The minimum absolute atomic E-state index is 0.0701. The first kappa shape index (κ1) is 11.9. The van der Waals surface area contributed by atoms with E-state index in [0.717, 1.165) is 12.1 Å². The third-order valence-electron chi connectivity index (χ3n) is 2.32. The predicted octanol–water partition coefficient (Wildman–Crippen LogP) is 0.735. The molecule has 1 unspecified atom stereocenters. The van der Waals surface area contributed by atoms with Crippen molar-refractivity contribution in [2.24, 2.45) is 5.73 Å². The normalized spacial score (nSPS) is 12.4. The number of hydrogen-bond donors (Lipinski definition) is 2. The maximum Gasteiger partial charge on any atom is 0.163 e. The van der Waals surface area contributed by atoms with Crippen molar-refractivity contribution in [1.29, 1.82) is 0 Å². The van der Waals surface area contributed by atoms with E-state index in [-0.39, 0.29) is 18.4 Å². The van der Waals surface area contributed by atoms with E-state index in [9.17, 15) is 4.79 Å². The lowest BCUT2D eigenvalue weighted by Crippen LogP contribution is -2.41. The van der Waals surface area contributed by atoms with Gasteiger partial charge in [-0.25, -0.2) is 0 Å². The van der Waals surface area contributed by atoms with Gasteiger partial charge in [-0.15, -0.1) is 0 Å². The molecule has 0 bridgehead atoms. The first-order valence-electron chi connectivity index (χ1n) is 5.28. The van der Waals surface area contributed by atoms with Crippen molar-refractivity contribution in [2.45, 2.75) is 19.4 Å². The number of hydrogen-bond acceptors (Lipinski definition) is 3. The van der Waals surface area contributed by atoms with Crippen LogP contribution in [0.1, 0.15) is 12.5 Å². The van der Waals surface area contributed by atoms with Crippen LogP contribution in [-0.2, 0) is 11.2 Å². The summed E-state index contributed by atoms with van der Waals surface area (Å²) < 4.78 is 0. The zero-order valence-corrected chi connectivity index (χ0v) is 9.07. The molecule has 0 fully saturated rings. The Morgan fingerprint density at radius 2 is 2.07 bits per heavy atom. The fourth-order valence-electron chi connectivity index (χ4n) is 1.54. The Balaban J connectivity index is 2.62. The average molecular weight is 206 g/mol. The van der Waals surface area contributed by atoms with Crippen LogP contribution in [0.25, 0.3) is 0 Å². The molecule has 0 aliphatic rings. The fraction of sp³-hybridized carbons (Fsp3) is 0.417. The molecule has 0 aliphatic carbocycles. The molecular formula is C12H18N2O. The van der Waals surface area contributed by atoms with E-state index in [4.69, 9.17) is 5.73 Å². The summed E-state index contributed by atoms with van der Waals surface area (Å²) in [5.74, 6) is 0.0701. The molecule has 0 spiro atoms. The van der Waals surface area contributed by atoms with E-state index in [1.54, 1.807) is 0 Å². The summed E-state index contributed by atoms with van der Waals surface area (Å²) in [6.45, 7) is 2.87. The highest BCUT2D eigenvalue weighted by Crippen LogP contribution is 2.03. The number of carbonyl (C=O) groups excluding carboxylic acids is 1. The van der Waals surface area contributed by atoms with Crippen molar-refractivity contribution < 1.29 is 4.79 Å². The predicted molar refractivity (Wildman–Crippen MR) is 61.7 cm³/mol. The number of carbonyl (C=O) groups is 1. The number of Topliss-reactive ketones (excluding diaryl/α,β-unsaturated/α-hetero) is 1. The second kappa shape index (κ2) is 6.32. The summed E-state index contributed by atoms with van der Waals surface area (Å²) in [6, 6.07) is 9.82. The molecule has 1 aromatic carbocycles. The lowest BCUT2D eigenvalue weighted by Gasteiger charge is -2.15. The molecule has 3 heteroatoms. The van der Waals surface area contributed by atoms with E-state index in [1.807, 2.05) is 37.3 Å². The van der Waals surface area contributed by atoms with Gasteiger partial charge in [0.05, 0.1) is 12.6 Å². The van der Waals surface area contributed by atoms with E-state index < -0.39 is 0 Å². The Morgan fingerprint density at radius 1 is 1.40 bits per heavy atom. The quantitative estimate of drug-likeness (QED) is 0.721. The van der Waals surface area contributed by atoms with Gasteiger partial charge in [0.2, 0.25) is 0 Å². The van der Waals surface area contributed by atoms with Crippen LogP contribution in [0.4, 0.5) is 0 Å². The van der Waals surface area contributed by atoms with Gasteiger partial charge in [-0.3, -0.25) is 4.79 Å². The molecule has 1 rings (SSSR count). The van der Waals surface area contributed by atoms with Gasteiger partial charge in [0, 0.05) is 0 Å². The monoisotopic (exact) mass is 206 g/mol. The topological polar surface area (TPSA) is 55.1 Å². The van der Waals surface area contributed by atoms with Crippen molar-refractivity contribution >= 4 is 5.78 Å². The van der Waals surface area contributed by atoms with Crippen molar-refractivity contribution in [3.63, 3.8) is 0 Å². The van der Waals surface area contributed by atoms with Gasteiger partial charge in [-0.1, -0.05) is 37.3 Å². The Morgan fingerprint density at radius 3 is 2.60 bits per heavy atom. The van der Waals surface area contributed by atoms with Crippen molar-refractivity contribution in [3.8, 4) is 0 Å². The summed E-state index contributed by atoms with van der Waals surface area (Å²) >= 11 is 0. The molecule has 0 saturated carbocycles. The van der Waals surface area contributed by atoms with Gasteiger partial charge in [0.1, 0.15) is 0 Å². The number of rotatable bonds is 6. The summed E-state index contributed by atoms with van der Waals surface area (Å²) in [5.41, 5.74) is 6.52. The molecule has 0 amide bonds. The lowest BCUT2D eigenvalue weighted by molar-refractivity contribution is -0.119. The fourth-order valence-corrected chi connectivity index (χ4v) is 1.54. The van der Waals surface area contributed by atoms with Crippen LogP contribution >= 0.6 is 0 Å². The molecule has 1 atom stereocenters. The van der Waals surface area contributed by atoms with Crippen molar-refractivity contribution in [1.82, 2.24) is 5.32 Å². The van der Waals surface area contributed by atoms with Crippen LogP contribution < -0.4 is 11.1 Å². The molecule has 3 nitrogen and oxygen atoms in total. The Hall–Kier alpha value is -1.19. The van der Waals surface area contributed by atoms with Crippen LogP contribution in [0.2, 0.25) is 0 Å². The summed E-state index contributed by atoms with van der Waals surface area (Å²) in [7, 11) is 0. The van der Waals surface area contributed by atoms with E-state index in [1.165, 1.54) is 0 Å². The largest absolute Gasteiger partial charge is 0.324 e. The molecule has 0 saturated heterocycles. The third kappa shape index (κ3) is 3.81. The first-order valence-corrected chi connectivity index (χ1v) is 5.28. The van der Waals surface area contributed by atoms with Gasteiger partial charge < -0.3 is 11.1 Å². The van der Waals surface area contributed by atoms with Crippen molar-refractivity contribution in [3.05, 3.63) is 35.9 Å². The number of ketones is 1. The van der Waals surface area contributed by atoms with E-state index >= 15 is 0 Å². The minimum Gasteiger partial charge on any atom is -0.324 e. The van der Waals surface area contributed by atoms with E-state index in [0.29, 0.717) is 6.42 Å². The number of nitrogens with one attached hydrogen (secondary N) is 1. The standard InChI is InChI=1S/C12H18N2O/c1-2-14-11(12(15)9-13)8-10-6-4-3-5-7-10/h3-7,11,14H,2,8-9,13H2,1H3. The molecule has 0 radical (unpaired) electrons. The summed E-state index contributed by atoms with van der Waals surface area (Å²) in [5, 5.41) is 3.15. The van der Waals surface area contributed by atoms with E-state index in [2.05, 4.69) is 5.32 Å². The van der Waals surface area contributed by atoms with Crippen LogP contribution in [0.15, 0.2) is 30.3 Å². The second-order valence-corrected chi connectivity index (χ2v) is 3.47. The molecule has 82 valence electrons. The number of benzene rings is 1. The van der Waals surface area contributed by atoms with Crippen LogP contribution in [0.3, 0.4) is 0 Å². The number of nitrogens with two attached hydrogens (primary N) is 1. The Kier molecular flexibility index (Phi) is 5.01. The zero-order chi connectivity index (χ0) is 11.1. The molecule has 0 heterocycles. The zero-order valence-electron chi connectivity index (χ0n) is 9.07. The van der Waals surface area contributed by atoms with Crippen LogP contribution in [0, 0.1) is 0 Å². The lowest BCUT2D eigenvalue weighted by atomic mass is 10.0. The van der Waals surface area contributed by atoms with Gasteiger partial charge in [0.25, 0.3) is 0 Å². The second-order valence-electron chi connectivity index (χ2n) is 3.47. The highest BCUT2D eigenvalue weighted by atomic mass is 16.1. The Bertz CT molecular complexity index is 298. The summed E-state index contributed by atoms with van der Waals surface area (Å²) in [4.78, 5) is 11.5. The Labute approximate surface area is 90.7 Å². The van der Waals surface area contributed by atoms with Crippen molar-refractivity contribution in [2.75, 3.05) is 13.1 Å². The smallest absolute Gasteiger partial charge is 0.163 e. The minimum atomic E-state index is -0.151. The highest BCUT2D eigenvalue weighted by molar-refractivity contribution is 5.86. The third-order valence-corrected chi connectivity index (χ3v) is 2.32. The summed E-state index contributed by atoms with van der Waals surface area (Å²) in [6.07, 6.45) is 0.713. The van der Waals surface area contributed by atoms with Gasteiger partial charge >= 0.3 is 0 Å². The highest BCUT2D eigenvalue weighted by Gasteiger charge is 2.15. The first-order chi connectivity index (χ1) is 7.27. The SMILES string of the molecule is CCNC(Cc1ccccc1)C(=O)CN.